The number of hydrogen-bond acceptors (Lipinski definition) is 4. The van der Waals surface area contributed by atoms with E-state index < -0.39 is 11.6 Å². The number of hydrogen-bond donors (Lipinski definition) is 2. The summed E-state index contributed by atoms with van der Waals surface area (Å²) in [5.74, 6) is -1.38. The first-order chi connectivity index (χ1) is 13.1. The van der Waals surface area contributed by atoms with Gasteiger partial charge in [0.15, 0.2) is 11.6 Å². The number of halogens is 2. The highest BCUT2D eigenvalue weighted by molar-refractivity contribution is 5.82. The molecule has 1 spiro atoms. The van der Waals surface area contributed by atoms with Crippen LogP contribution in [0.15, 0.2) is 36.5 Å². The Labute approximate surface area is 156 Å². The van der Waals surface area contributed by atoms with Crippen LogP contribution in [0.4, 0.5) is 8.78 Å². The minimum atomic E-state index is -0.987. The van der Waals surface area contributed by atoms with E-state index in [1.165, 1.54) is 6.07 Å². The predicted molar refractivity (Wildman–Crippen MR) is 95.2 cm³/mol. The molecule has 1 saturated heterocycles. The van der Waals surface area contributed by atoms with Gasteiger partial charge in [0.25, 0.3) is 0 Å². The molecule has 2 N–H and O–H groups in total. The van der Waals surface area contributed by atoms with Gasteiger partial charge in [0.1, 0.15) is 5.75 Å². The van der Waals surface area contributed by atoms with E-state index in [0.717, 1.165) is 44.5 Å². The van der Waals surface area contributed by atoms with E-state index in [-0.39, 0.29) is 35.4 Å². The van der Waals surface area contributed by atoms with E-state index in [1.807, 2.05) is 0 Å². The van der Waals surface area contributed by atoms with Crippen LogP contribution in [-0.4, -0.2) is 24.0 Å². The van der Waals surface area contributed by atoms with Crippen molar-refractivity contribution in [2.24, 2.45) is 11.3 Å². The average Bonchev–Trinajstić information content (AvgIpc) is 3.37. The molecule has 1 unspecified atom stereocenters. The number of pyridine rings is 1. The SMILES string of the molecule is O=C(NCc1cccnc1Oc1ccc(F)c(F)c1)C1CC12CCNCC2. The Morgan fingerprint density at radius 2 is 2.07 bits per heavy atom. The summed E-state index contributed by atoms with van der Waals surface area (Å²) in [6.45, 7) is 2.22. The summed E-state index contributed by atoms with van der Waals surface area (Å²) >= 11 is 0. The van der Waals surface area contributed by atoms with Crippen LogP contribution in [0.1, 0.15) is 24.8 Å². The van der Waals surface area contributed by atoms with E-state index in [0.29, 0.717) is 5.56 Å². The van der Waals surface area contributed by atoms with E-state index in [4.69, 9.17) is 4.74 Å². The lowest BCUT2D eigenvalue weighted by Gasteiger charge is -2.23. The maximum Gasteiger partial charge on any atom is 0.224 e. The third kappa shape index (κ3) is 3.78. The van der Waals surface area contributed by atoms with E-state index in [9.17, 15) is 13.6 Å². The number of benzene rings is 1. The molecule has 2 heterocycles. The maximum absolute atomic E-state index is 13.4. The second-order valence-corrected chi connectivity index (χ2v) is 7.23. The van der Waals surface area contributed by atoms with Gasteiger partial charge in [-0.2, -0.15) is 0 Å². The molecule has 2 aliphatic rings. The average molecular weight is 373 g/mol. The topological polar surface area (TPSA) is 63.2 Å². The first-order valence-electron chi connectivity index (χ1n) is 9.13. The molecule has 7 heteroatoms. The Balaban J connectivity index is 1.39. The van der Waals surface area contributed by atoms with Gasteiger partial charge >= 0.3 is 0 Å². The van der Waals surface area contributed by atoms with Crippen LogP contribution in [0.25, 0.3) is 0 Å². The quantitative estimate of drug-likeness (QED) is 0.845. The van der Waals surface area contributed by atoms with Crippen molar-refractivity contribution in [2.75, 3.05) is 13.1 Å². The summed E-state index contributed by atoms with van der Waals surface area (Å²) in [5.41, 5.74) is 0.852. The smallest absolute Gasteiger partial charge is 0.224 e. The summed E-state index contributed by atoms with van der Waals surface area (Å²) < 4.78 is 32.0. The van der Waals surface area contributed by atoms with E-state index in [2.05, 4.69) is 15.6 Å². The molecule has 1 aromatic carbocycles. The number of nitrogens with one attached hydrogen (secondary N) is 2. The molecular formula is C20H21F2N3O2. The molecular weight excluding hydrogens is 352 g/mol. The van der Waals surface area contributed by atoms with Crippen LogP contribution in [0.5, 0.6) is 11.6 Å². The molecule has 5 nitrogen and oxygen atoms in total. The van der Waals surface area contributed by atoms with Crippen molar-refractivity contribution in [1.82, 2.24) is 15.6 Å². The molecule has 142 valence electrons. The first-order valence-corrected chi connectivity index (χ1v) is 9.13. The number of piperidine rings is 1. The molecule has 1 aliphatic heterocycles. The van der Waals surface area contributed by atoms with Gasteiger partial charge in [-0.3, -0.25) is 4.79 Å². The Morgan fingerprint density at radius 1 is 1.26 bits per heavy atom. The Kier molecular flexibility index (Phi) is 4.78. The Morgan fingerprint density at radius 3 is 2.85 bits per heavy atom. The molecule has 0 radical (unpaired) electrons. The second kappa shape index (κ2) is 7.23. The zero-order chi connectivity index (χ0) is 18.9. The fourth-order valence-corrected chi connectivity index (χ4v) is 3.80. The first kappa shape index (κ1) is 17.9. The van der Waals surface area contributed by atoms with Crippen molar-refractivity contribution in [3.63, 3.8) is 0 Å². The number of nitrogens with zero attached hydrogens (tertiary/aromatic N) is 1. The van der Waals surface area contributed by atoms with Gasteiger partial charge < -0.3 is 15.4 Å². The highest BCUT2D eigenvalue weighted by Gasteiger charge is 2.57. The lowest BCUT2D eigenvalue weighted by Crippen LogP contribution is -2.33. The van der Waals surface area contributed by atoms with Crippen molar-refractivity contribution in [3.05, 3.63) is 53.7 Å². The van der Waals surface area contributed by atoms with Gasteiger partial charge in [-0.1, -0.05) is 6.07 Å². The number of ether oxygens (including phenoxy) is 1. The van der Waals surface area contributed by atoms with E-state index in [1.54, 1.807) is 18.3 Å². The van der Waals surface area contributed by atoms with Crippen LogP contribution in [-0.2, 0) is 11.3 Å². The number of carbonyl (C=O) groups is 1. The molecule has 1 aliphatic carbocycles. The maximum atomic E-state index is 13.4. The second-order valence-electron chi connectivity index (χ2n) is 7.23. The lowest BCUT2D eigenvalue weighted by atomic mass is 9.92. The van der Waals surface area contributed by atoms with Gasteiger partial charge in [0.05, 0.1) is 0 Å². The lowest BCUT2D eigenvalue weighted by molar-refractivity contribution is -0.123. The molecule has 2 aromatic rings. The standard InChI is InChI=1S/C20H21F2N3O2/c21-16-4-3-14(10-17(16)22)27-19-13(2-1-7-24-19)12-25-18(26)15-11-20(15)5-8-23-9-6-20/h1-4,7,10,15,23H,5-6,8-9,11-12H2,(H,25,26). The normalized spacial score (nSPS) is 20.3. The van der Waals surface area contributed by atoms with Crippen LogP contribution in [0.2, 0.25) is 0 Å². The highest BCUT2D eigenvalue weighted by atomic mass is 19.2. The summed E-state index contributed by atoms with van der Waals surface area (Å²) in [6, 6.07) is 6.83. The summed E-state index contributed by atoms with van der Waals surface area (Å²) in [7, 11) is 0. The van der Waals surface area contributed by atoms with Gasteiger partial charge in [-0.05, 0) is 56.0 Å². The number of rotatable bonds is 5. The van der Waals surface area contributed by atoms with Gasteiger partial charge in [0.2, 0.25) is 11.8 Å². The molecule has 1 aromatic heterocycles. The van der Waals surface area contributed by atoms with Gasteiger partial charge in [-0.25, -0.2) is 13.8 Å². The van der Waals surface area contributed by atoms with Crippen molar-refractivity contribution in [3.8, 4) is 11.6 Å². The molecule has 1 atom stereocenters. The van der Waals surface area contributed by atoms with Crippen LogP contribution >= 0.6 is 0 Å². The van der Waals surface area contributed by atoms with Crippen LogP contribution < -0.4 is 15.4 Å². The van der Waals surface area contributed by atoms with Gasteiger partial charge in [0, 0.05) is 30.3 Å². The predicted octanol–water partition coefficient (Wildman–Crippen LogP) is 3.16. The van der Waals surface area contributed by atoms with Crippen LogP contribution in [0.3, 0.4) is 0 Å². The molecule has 4 rings (SSSR count). The van der Waals surface area contributed by atoms with Crippen molar-refractivity contribution < 1.29 is 18.3 Å². The Bertz CT molecular complexity index is 853. The third-order valence-electron chi connectivity index (χ3n) is 5.51. The zero-order valence-electron chi connectivity index (χ0n) is 14.8. The molecule has 1 saturated carbocycles. The van der Waals surface area contributed by atoms with Crippen molar-refractivity contribution in [2.45, 2.75) is 25.8 Å². The molecule has 0 bridgehead atoms. The minimum absolute atomic E-state index is 0.0551. The number of aromatic nitrogens is 1. The monoisotopic (exact) mass is 373 g/mol. The number of carbonyl (C=O) groups excluding carboxylic acids is 1. The largest absolute Gasteiger partial charge is 0.439 e. The fraction of sp³-hybridized carbons (Fsp3) is 0.400. The Hall–Kier alpha value is -2.54. The van der Waals surface area contributed by atoms with E-state index >= 15 is 0 Å². The van der Waals surface area contributed by atoms with Crippen molar-refractivity contribution in [1.29, 1.82) is 0 Å². The van der Waals surface area contributed by atoms with Crippen molar-refractivity contribution >= 4 is 5.91 Å². The number of amides is 1. The summed E-state index contributed by atoms with van der Waals surface area (Å²) in [4.78, 5) is 16.7. The summed E-state index contributed by atoms with van der Waals surface area (Å²) in [5, 5.41) is 6.29. The van der Waals surface area contributed by atoms with Crippen LogP contribution in [0, 0.1) is 23.0 Å². The fourth-order valence-electron chi connectivity index (χ4n) is 3.80. The van der Waals surface area contributed by atoms with Gasteiger partial charge in [-0.15, -0.1) is 0 Å². The third-order valence-corrected chi connectivity index (χ3v) is 5.51. The molecule has 1 amide bonds. The summed E-state index contributed by atoms with van der Waals surface area (Å²) in [6.07, 6.45) is 4.59. The molecule has 2 fully saturated rings. The minimum Gasteiger partial charge on any atom is -0.439 e. The zero-order valence-corrected chi connectivity index (χ0v) is 14.8. The molecule has 27 heavy (non-hydrogen) atoms. The highest BCUT2D eigenvalue weighted by Crippen LogP contribution is 2.58.